The molecule has 3 N–H and O–H groups in total. The van der Waals surface area contributed by atoms with Crippen LogP contribution in [0.2, 0.25) is 0 Å². The molecule has 0 aromatic carbocycles. The topological polar surface area (TPSA) is 38.0 Å². The quantitative estimate of drug-likeness (QED) is 0.500. The van der Waals surface area contributed by atoms with Crippen molar-refractivity contribution in [1.29, 1.82) is 0 Å². The summed E-state index contributed by atoms with van der Waals surface area (Å²) in [6, 6.07) is 4.21. The molecule has 1 aromatic heterocycles. The second-order valence-corrected chi connectivity index (χ2v) is 3.07. The third kappa shape index (κ3) is 2.47. The normalized spacial score (nSPS) is 10.1. The molecule has 0 saturated heterocycles. The maximum absolute atomic E-state index is 5.26. The number of rotatable bonds is 4. The van der Waals surface area contributed by atoms with E-state index in [-0.39, 0.29) is 0 Å². The summed E-state index contributed by atoms with van der Waals surface area (Å²) in [7, 11) is 0. The van der Waals surface area contributed by atoms with Gasteiger partial charge in [-0.3, -0.25) is 0 Å². The zero-order chi connectivity index (χ0) is 7.23. The van der Waals surface area contributed by atoms with E-state index < -0.39 is 0 Å². The fourth-order valence-electron chi connectivity index (χ4n) is 0.768. The first kappa shape index (κ1) is 7.72. The predicted octanol–water partition coefficient (Wildman–Crippen LogP) is 0.796. The van der Waals surface area contributed by atoms with Crippen LogP contribution in [0.5, 0.6) is 0 Å². The van der Waals surface area contributed by atoms with Gasteiger partial charge in [-0.15, -0.1) is 11.3 Å². The molecule has 0 amide bonds. The predicted molar refractivity (Wildman–Crippen MR) is 45.1 cm³/mol. The lowest BCUT2D eigenvalue weighted by Gasteiger charge is -1.97. The molecule has 3 heteroatoms. The molecule has 0 saturated carbocycles. The van der Waals surface area contributed by atoms with E-state index in [1.54, 1.807) is 11.3 Å². The van der Waals surface area contributed by atoms with Crippen molar-refractivity contribution < 1.29 is 0 Å². The minimum Gasteiger partial charge on any atom is -0.318 e. The van der Waals surface area contributed by atoms with Gasteiger partial charge in [-0.2, -0.15) is 0 Å². The third-order valence-corrected chi connectivity index (χ3v) is 2.21. The van der Waals surface area contributed by atoms with Crippen LogP contribution in [0.3, 0.4) is 0 Å². The Kier molecular flexibility index (Phi) is 3.43. The summed E-state index contributed by atoms with van der Waals surface area (Å²) in [4.78, 5) is 1.42. The van der Waals surface area contributed by atoms with E-state index in [4.69, 9.17) is 5.73 Å². The molecule has 0 spiro atoms. The van der Waals surface area contributed by atoms with Gasteiger partial charge in [-0.25, -0.2) is 0 Å². The standard InChI is InChI=1S/C7H12N2S/c8-6-9-4-3-7-2-1-5-10-7/h1-2,5,9H,3-4,6,8H2. The summed E-state index contributed by atoms with van der Waals surface area (Å²) in [6.07, 6.45) is 1.09. The van der Waals surface area contributed by atoms with Crippen LogP contribution in [-0.2, 0) is 6.42 Å². The molecule has 0 fully saturated rings. The van der Waals surface area contributed by atoms with E-state index in [2.05, 4.69) is 22.8 Å². The van der Waals surface area contributed by atoms with Gasteiger partial charge >= 0.3 is 0 Å². The lowest BCUT2D eigenvalue weighted by Crippen LogP contribution is -2.24. The zero-order valence-corrected chi connectivity index (χ0v) is 6.66. The first-order chi connectivity index (χ1) is 4.93. The van der Waals surface area contributed by atoms with Gasteiger partial charge in [0.2, 0.25) is 0 Å². The van der Waals surface area contributed by atoms with E-state index in [9.17, 15) is 0 Å². The van der Waals surface area contributed by atoms with Gasteiger partial charge < -0.3 is 11.1 Å². The van der Waals surface area contributed by atoms with Gasteiger partial charge in [0.15, 0.2) is 0 Å². The van der Waals surface area contributed by atoms with E-state index in [0.717, 1.165) is 13.0 Å². The van der Waals surface area contributed by atoms with Gasteiger partial charge in [0, 0.05) is 18.1 Å². The van der Waals surface area contributed by atoms with Crippen molar-refractivity contribution in [1.82, 2.24) is 5.32 Å². The SMILES string of the molecule is NCNCCc1cccs1. The van der Waals surface area contributed by atoms with Crippen LogP contribution in [0, 0.1) is 0 Å². The molecule has 0 bridgehead atoms. The van der Waals surface area contributed by atoms with Crippen molar-refractivity contribution in [2.75, 3.05) is 13.2 Å². The maximum Gasteiger partial charge on any atom is 0.0428 e. The summed E-state index contributed by atoms with van der Waals surface area (Å²) in [5.74, 6) is 0. The Morgan fingerprint density at radius 1 is 1.60 bits per heavy atom. The average molecular weight is 156 g/mol. The van der Waals surface area contributed by atoms with Crippen LogP contribution in [0.15, 0.2) is 17.5 Å². The van der Waals surface area contributed by atoms with Gasteiger partial charge in [0.05, 0.1) is 0 Å². The Morgan fingerprint density at radius 2 is 2.50 bits per heavy atom. The molecular weight excluding hydrogens is 144 g/mol. The van der Waals surface area contributed by atoms with Crippen LogP contribution in [0.4, 0.5) is 0 Å². The molecule has 0 aliphatic rings. The summed E-state index contributed by atoms with van der Waals surface area (Å²) in [5, 5.41) is 5.17. The van der Waals surface area contributed by atoms with Crippen LogP contribution >= 0.6 is 11.3 Å². The van der Waals surface area contributed by atoms with E-state index >= 15 is 0 Å². The minimum atomic E-state index is 0.575. The summed E-state index contributed by atoms with van der Waals surface area (Å²) >= 11 is 1.79. The van der Waals surface area contributed by atoms with Crippen molar-refractivity contribution in [2.45, 2.75) is 6.42 Å². The molecule has 56 valence electrons. The summed E-state index contributed by atoms with van der Waals surface area (Å²) in [5.41, 5.74) is 5.26. The van der Waals surface area contributed by atoms with Crippen molar-refractivity contribution in [3.05, 3.63) is 22.4 Å². The molecule has 1 heterocycles. The van der Waals surface area contributed by atoms with Gasteiger partial charge in [0.25, 0.3) is 0 Å². The molecule has 0 aliphatic carbocycles. The minimum absolute atomic E-state index is 0.575. The monoisotopic (exact) mass is 156 g/mol. The number of hydrogen-bond donors (Lipinski definition) is 2. The highest BCUT2D eigenvalue weighted by molar-refractivity contribution is 7.09. The summed E-state index contributed by atoms with van der Waals surface area (Å²) in [6.45, 7) is 1.56. The first-order valence-electron chi connectivity index (χ1n) is 3.36. The molecule has 0 aliphatic heterocycles. The molecule has 1 aromatic rings. The Morgan fingerprint density at radius 3 is 3.10 bits per heavy atom. The Bertz CT molecular complexity index is 160. The summed E-state index contributed by atoms with van der Waals surface area (Å²) < 4.78 is 0. The van der Waals surface area contributed by atoms with Crippen molar-refractivity contribution in [3.63, 3.8) is 0 Å². The van der Waals surface area contributed by atoms with E-state index in [0.29, 0.717) is 6.67 Å². The Hall–Kier alpha value is -0.380. The highest BCUT2D eigenvalue weighted by atomic mass is 32.1. The lowest BCUT2D eigenvalue weighted by molar-refractivity contribution is 0.705. The maximum atomic E-state index is 5.26. The molecular formula is C7H12N2S. The fraction of sp³-hybridized carbons (Fsp3) is 0.429. The Labute approximate surface area is 65.1 Å². The third-order valence-electron chi connectivity index (χ3n) is 1.27. The second kappa shape index (κ2) is 4.44. The first-order valence-corrected chi connectivity index (χ1v) is 4.24. The molecule has 0 unspecified atom stereocenters. The number of hydrogen-bond acceptors (Lipinski definition) is 3. The average Bonchev–Trinajstić information content (AvgIpc) is 2.41. The highest BCUT2D eigenvalue weighted by Crippen LogP contribution is 2.07. The van der Waals surface area contributed by atoms with Crippen LogP contribution in [0.1, 0.15) is 4.88 Å². The van der Waals surface area contributed by atoms with Crippen LogP contribution in [-0.4, -0.2) is 13.2 Å². The molecule has 10 heavy (non-hydrogen) atoms. The second-order valence-electron chi connectivity index (χ2n) is 2.03. The Balaban J connectivity index is 2.15. The van der Waals surface area contributed by atoms with E-state index in [1.165, 1.54) is 4.88 Å². The van der Waals surface area contributed by atoms with Crippen LogP contribution < -0.4 is 11.1 Å². The molecule has 1 rings (SSSR count). The van der Waals surface area contributed by atoms with Crippen molar-refractivity contribution in [3.8, 4) is 0 Å². The number of nitrogens with two attached hydrogens (primary N) is 1. The molecule has 0 radical (unpaired) electrons. The van der Waals surface area contributed by atoms with Crippen molar-refractivity contribution in [2.24, 2.45) is 5.73 Å². The molecule has 0 atom stereocenters. The number of nitrogens with one attached hydrogen (secondary N) is 1. The van der Waals surface area contributed by atoms with E-state index in [1.807, 2.05) is 0 Å². The molecule has 2 nitrogen and oxygen atoms in total. The highest BCUT2D eigenvalue weighted by Gasteiger charge is 1.90. The zero-order valence-electron chi connectivity index (χ0n) is 5.84. The van der Waals surface area contributed by atoms with Gasteiger partial charge in [-0.05, 0) is 17.9 Å². The van der Waals surface area contributed by atoms with Gasteiger partial charge in [-0.1, -0.05) is 6.07 Å². The van der Waals surface area contributed by atoms with Gasteiger partial charge in [0.1, 0.15) is 0 Å². The smallest absolute Gasteiger partial charge is 0.0428 e. The fourth-order valence-corrected chi connectivity index (χ4v) is 1.48. The number of thiophene rings is 1. The van der Waals surface area contributed by atoms with Crippen molar-refractivity contribution >= 4 is 11.3 Å². The largest absolute Gasteiger partial charge is 0.318 e. The lowest BCUT2D eigenvalue weighted by atomic mass is 10.3. The van der Waals surface area contributed by atoms with Crippen LogP contribution in [0.25, 0.3) is 0 Å².